The molecule has 7 nitrogen and oxygen atoms in total. The topological polar surface area (TPSA) is 86.9 Å². The van der Waals surface area contributed by atoms with Crippen molar-refractivity contribution in [2.45, 2.75) is 25.8 Å². The van der Waals surface area contributed by atoms with Gasteiger partial charge in [0.1, 0.15) is 0 Å². The molecular formula is C15H19F2N3O4. The number of rotatable bonds is 5. The van der Waals surface area contributed by atoms with Crippen LogP contribution in [0.4, 0.5) is 14.5 Å². The number of hydrogen-bond acceptors (Lipinski definition) is 5. The first kappa shape index (κ1) is 18.1. The van der Waals surface area contributed by atoms with Crippen LogP contribution in [-0.2, 0) is 0 Å². The van der Waals surface area contributed by atoms with Crippen LogP contribution in [0.5, 0.6) is 5.75 Å². The second-order valence-electron chi connectivity index (χ2n) is 5.66. The summed E-state index contributed by atoms with van der Waals surface area (Å²) in [6, 6.07) is 3.28. The Hall–Kier alpha value is -2.29. The number of amides is 1. The number of piperazine rings is 1. The van der Waals surface area contributed by atoms with Crippen LogP contribution in [0.2, 0.25) is 0 Å². The minimum Gasteiger partial charge on any atom is -0.502 e. The van der Waals surface area contributed by atoms with Crippen LogP contribution in [0, 0.1) is 10.1 Å². The molecule has 1 fully saturated rings. The van der Waals surface area contributed by atoms with E-state index in [4.69, 9.17) is 0 Å². The molecule has 0 aromatic heterocycles. The van der Waals surface area contributed by atoms with Crippen molar-refractivity contribution in [3.63, 3.8) is 0 Å². The van der Waals surface area contributed by atoms with E-state index < -0.39 is 28.7 Å². The van der Waals surface area contributed by atoms with Crippen molar-refractivity contribution in [3.05, 3.63) is 33.9 Å². The maximum absolute atomic E-state index is 12.6. The Morgan fingerprint density at radius 2 is 2.17 bits per heavy atom. The molecule has 0 radical (unpaired) electrons. The number of aromatic hydroxyl groups is 1. The highest BCUT2D eigenvalue weighted by Gasteiger charge is 2.31. The van der Waals surface area contributed by atoms with Gasteiger partial charge in [0.25, 0.3) is 12.3 Å². The van der Waals surface area contributed by atoms with E-state index in [1.807, 2.05) is 6.92 Å². The van der Waals surface area contributed by atoms with Crippen molar-refractivity contribution >= 4 is 11.6 Å². The summed E-state index contributed by atoms with van der Waals surface area (Å²) in [6.45, 7) is 2.43. The monoisotopic (exact) mass is 343 g/mol. The molecule has 0 spiro atoms. The Bertz CT molecular complexity index is 627. The number of alkyl halides is 2. The molecule has 1 aliphatic heterocycles. The molecule has 132 valence electrons. The number of benzene rings is 1. The first-order valence-electron chi connectivity index (χ1n) is 7.62. The highest BCUT2D eigenvalue weighted by Crippen LogP contribution is 2.27. The maximum atomic E-state index is 12.6. The van der Waals surface area contributed by atoms with Gasteiger partial charge >= 0.3 is 5.69 Å². The highest BCUT2D eigenvalue weighted by molar-refractivity contribution is 5.95. The normalized spacial score (nSPS) is 18.8. The first-order valence-corrected chi connectivity index (χ1v) is 7.62. The van der Waals surface area contributed by atoms with E-state index in [9.17, 15) is 28.8 Å². The fourth-order valence-electron chi connectivity index (χ4n) is 2.87. The number of phenols is 1. The van der Waals surface area contributed by atoms with E-state index in [1.54, 1.807) is 4.90 Å². The van der Waals surface area contributed by atoms with Crippen molar-refractivity contribution < 1.29 is 23.6 Å². The predicted molar refractivity (Wildman–Crippen MR) is 82.3 cm³/mol. The molecule has 1 saturated heterocycles. The van der Waals surface area contributed by atoms with Crippen LogP contribution in [0.1, 0.15) is 23.7 Å². The SMILES string of the molecule is CCC1CN(C(=O)c2ccc(O)c([N+](=O)[O-])c2)CCN1CC(F)F. The molecule has 1 unspecified atom stereocenters. The van der Waals surface area contributed by atoms with Crippen LogP contribution in [0.15, 0.2) is 18.2 Å². The van der Waals surface area contributed by atoms with E-state index in [2.05, 4.69) is 0 Å². The fourth-order valence-corrected chi connectivity index (χ4v) is 2.87. The minimum atomic E-state index is -2.43. The number of carbonyl (C=O) groups is 1. The molecule has 1 N–H and O–H groups in total. The molecule has 0 aliphatic carbocycles. The van der Waals surface area contributed by atoms with Gasteiger partial charge in [-0.2, -0.15) is 0 Å². The number of hydrogen-bond donors (Lipinski definition) is 1. The Kier molecular flexibility index (Phi) is 5.66. The molecule has 24 heavy (non-hydrogen) atoms. The Labute approximate surface area is 137 Å². The molecule has 1 aliphatic rings. The second-order valence-corrected chi connectivity index (χ2v) is 5.66. The van der Waals surface area contributed by atoms with Gasteiger partial charge in [0.15, 0.2) is 5.75 Å². The van der Waals surface area contributed by atoms with Crippen LogP contribution in [-0.4, -0.2) is 64.4 Å². The summed E-state index contributed by atoms with van der Waals surface area (Å²) in [5.41, 5.74) is -0.444. The van der Waals surface area contributed by atoms with Gasteiger partial charge in [-0.15, -0.1) is 0 Å². The lowest BCUT2D eigenvalue weighted by atomic mass is 10.1. The Balaban J connectivity index is 2.13. The van der Waals surface area contributed by atoms with E-state index in [0.717, 1.165) is 12.1 Å². The summed E-state index contributed by atoms with van der Waals surface area (Å²) >= 11 is 0. The molecule has 1 heterocycles. The van der Waals surface area contributed by atoms with Gasteiger partial charge < -0.3 is 10.0 Å². The average Bonchev–Trinajstić information content (AvgIpc) is 2.54. The van der Waals surface area contributed by atoms with Crippen LogP contribution >= 0.6 is 0 Å². The zero-order valence-electron chi connectivity index (χ0n) is 13.2. The second kappa shape index (κ2) is 7.52. The molecule has 0 saturated carbocycles. The van der Waals surface area contributed by atoms with Crippen molar-refractivity contribution in [1.82, 2.24) is 9.80 Å². The molecule has 1 atom stereocenters. The van der Waals surface area contributed by atoms with Crippen LogP contribution in [0.3, 0.4) is 0 Å². The number of nitro groups is 1. The zero-order valence-corrected chi connectivity index (χ0v) is 13.2. The number of phenolic OH excluding ortho intramolecular Hbond substituents is 1. The molecule has 2 rings (SSSR count). The van der Waals surface area contributed by atoms with Gasteiger partial charge in [0.05, 0.1) is 11.5 Å². The summed E-state index contributed by atoms with van der Waals surface area (Å²) in [4.78, 5) is 25.8. The highest BCUT2D eigenvalue weighted by atomic mass is 19.3. The summed E-state index contributed by atoms with van der Waals surface area (Å²) < 4.78 is 25.2. The summed E-state index contributed by atoms with van der Waals surface area (Å²) in [6.07, 6.45) is -1.81. The summed E-state index contributed by atoms with van der Waals surface area (Å²) in [5.74, 6) is -0.919. The average molecular weight is 343 g/mol. The quantitative estimate of drug-likeness (QED) is 0.653. The molecule has 0 bridgehead atoms. The molecule has 1 aromatic rings. The third-order valence-corrected chi connectivity index (χ3v) is 4.15. The maximum Gasteiger partial charge on any atom is 0.311 e. The lowest BCUT2D eigenvalue weighted by molar-refractivity contribution is -0.385. The lowest BCUT2D eigenvalue weighted by Crippen LogP contribution is -2.55. The summed E-state index contributed by atoms with van der Waals surface area (Å²) in [7, 11) is 0. The standard InChI is InChI=1S/C15H19F2N3O4/c1-2-11-8-19(6-5-18(11)9-14(16)17)15(22)10-3-4-13(21)12(7-10)20(23)24/h3-4,7,11,14,21H,2,5-6,8-9H2,1H3. The van der Waals surface area contributed by atoms with Crippen molar-refractivity contribution in [3.8, 4) is 5.75 Å². The molecule has 9 heteroatoms. The van der Waals surface area contributed by atoms with Gasteiger partial charge in [0.2, 0.25) is 0 Å². The van der Waals surface area contributed by atoms with E-state index >= 15 is 0 Å². The largest absolute Gasteiger partial charge is 0.502 e. The Morgan fingerprint density at radius 3 is 2.75 bits per heavy atom. The van der Waals surface area contributed by atoms with Crippen molar-refractivity contribution in [2.24, 2.45) is 0 Å². The van der Waals surface area contributed by atoms with Crippen LogP contribution < -0.4 is 0 Å². The number of nitro benzene ring substituents is 1. The predicted octanol–water partition coefficient (Wildman–Crippen LogP) is 2.10. The van der Waals surface area contributed by atoms with Gasteiger partial charge in [-0.05, 0) is 18.6 Å². The third kappa shape index (κ3) is 3.97. The van der Waals surface area contributed by atoms with Crippen LogP contribution in [0.25, 0.3) is 0 Å². The minimum absolute atomic E-state index is 0.0941. The summed E-state index contributed by atoms with van der Waals surface area (Å²) in [5, 5.41) is 20.3. The smallest absolute Gasteiger partial charge is 0.311 e. The molecular weight excluding hydrogens is 324 g/mol. The molecule has 1 amide bonds. The molecule has 1 aromatic carbocycles. The fraction of sp³-hybridized carbons (Fsp3) is 0.533. The van der Waals surface area contributed by atoms with Gasteiger partial charge in [-0.25, -0.2) is 8.78 Å². The third-order valence-electron chi connectivity index (χ3n) is 4.15. The van der Waals surface area contributed by atoms with E-state index in [0.29, 0.717) is 13.0 Å². The zero-order chi connectivity index (χ0) is 17.9. The number of nitrogens with zero attached hydrogens (tertiary/aromatic N) is 3. The van der Waals surface area contributed by atoms with Gasteiger partial charge in [-0.1, -0.05) is 6.92 Å². The first-order chi connectivity index (χ1) is 11.3. The van der Waals surface area contributed by atoms with E-state index in [-0.39, 0.29) is 31.2 Å². The number of carbonyl (C=O) groups excluding carboxylic acids is 1. The number of halogens is 2. The van der Waals surface area contributed by atoms with Gasteiger partial charge in [-0.3, -0.25) is 19.8 Å². The van der Waals surface area contributed by atoms with Crippen molar-refractivity contribution in [2.75, 3.05) is 26.2 Å². The Morgan fingerprint density at radius 1 is 1.46 bits per heavy atom. The lowest BCUT2D eigenvalue weighted by Gasteiger charge is -2.41. The van der Waals surface area contributed by atoms with E-state index in [1.165, 1.54) is 11.0 Å². The van der Waals surface area contributed by atoms with Gasteiger partial charge in [0, 0.05) is 37.3 Å². The van der Waals surface area contributed by atoms with Crippen molar-refractivity contribution in [1.29, 1.82) is 0 Å².